The smallest absolute Gasteiger partial charge is 0.285 e. The first kappa shape index (κ1) is 16.3. The Kier molecular flexibility index (Phi) is 4.65. The third-order valence-corrected chi connectivity index (χ3v) is 1.47. The second kappa shape index (κ2) is 4.86. The molecule has 0 fully saturated rings. The Morgan fingerprint density at radius 1 is 0.824 bits per heavy atom. The standard InChI is InChI=1S/C6H4F10O/c7-2(3(8)9)5(12,13)4(10,11)1-17-6(14,15)16/h2-3H,1H2. The lowest BCUT2D eigenvalue weighted by atomic mass is 10.1. The molecule has 0 aromatic heterocycles. The number of alkyl halides is 10. The van der Waals surface area contributed by atoms with Crippen LogP contribution < -0.4 is 0 Å². The number of hydrogen-bond donors (Lipinski definition) is 0. The molecule has 0 aliphatic heterocycles. The zero-order valence-corrected chi connectivity index (χ0v) is 7.55. The lowest BCUT2D eigenvalue weighted by molar-refractivity contribution is -0.362. The van der Waals surface area contributed by atoms with Gasteiger partial charge in [-0.1, -0.05) is 0 Å². The van der Waals surface area contributed by atoms with Crippen molar-refractivity contribution in [1.29, 1.82) is 0 Å². The fourth-order valence-electron chi connectivity index (χ4n) is 0.629. The van der Waals surface area contributed by atoms with Crippen LogP contribution in [-0.4, -0.2) is 37.4 Å². The lowest BCUT2D eigenvalue weighted by Gasteiger charge is -2.28. The van der Waals surface area contributed by atoms with E-state index < -0.39 is 37.4 Å². The van der Waals surface area contributed by atoms with Gasteiger partial charge in [0.2, 0.25) is 6.17 Å². The molecule has 0 aliphatic carbocycles. The molecule has 104 valence electrons. The molecule has 0 saturated carbocycles. The van der Waals surface area contributed by atoms with Crippen molar-refractivity contribution in [2.45, 2.75) is 30.8 Å². The first-order valence-corrected chi connectivity index (χ1v) is 3.70. The topological polar surface area (TPSA) is 9.23 Å². The van der Waals surface area contributed by atoms with Crippen molar-refractivity contribution in [3.8, 4) is 0 Å². The molecule has 0 aromatic rings. The van der Waals surface area contributed by atoms with Crippen molar-refractivity contribution >= 4 is 0 Å². The fourth-order valence-corrected chi connectivity index (χ4v) is 0.629. The fraction of sp³-hybridized carbons (Fsp3) is 1.00. The Balaban J connectivity index is 4.78. The summed E-state index contributed by atoms with van der Waals surface area (Å²) in [4.78, 5) is 0. The predicted octanol–water partition coefficient (Wildman–Crippen LogP) is 3.40. The molecule has 0 heterocycles. The van der Waals surface area contributed by atoms with Gasteiger partial charge in [-0.05, 0) is 0 Å². The number of ether oxygens (including phenoxy) is 1. The molecule has 0 rings (SSSR count). The van der Waals surface area contributed by atoms with Crippen LogP contribution in [-0.2, 0) is 4.74 Å². The number of halogens is 10. The van der Waals surface area contributed by atoms with Crippen molar-refractivity contribution < 1.29 is 48.6 Å². The molecule has 0 amide bonds. The van der Waals surface area contributed by atoms with E-state index >= 15 is 0 Å². The predicted molar refractivity (Wildman–Crippen MR) is 32.8 cm³/mol. The molecule has 1 atom stereocenters. The van der Waals surface area contributed by atoms with E-state index in [1.165, 1.54) is 0 Å². The zero-order chi connectivity index (χ0) is 14.1. The monoisotopic (exact) mass is 282 g/mol. The van der Waals surface area contributed by atoms with E-state index in [1.807, 2.05) is 0 Å². The first-order valence-electron chi connectivity index (χ1n) is 3.70. The van der Waals surface area contributed by atoms with Gasteiger partial charge in [0.15, 0.2) is 0 Å². The Morgan fingerprint density at radius 2 is 1.24 bits per heavy atom. The third kappa shape index (κ3) is 4.21. The van der Waals surface area contributed by atoms with Crippen LogP contribution in [0.3, 0.4) is 0 Å². The van der Waals surface area contributed by atoms with Crippen molar-refractivity contribution in [1.82, 2.24) is 0 Å². The van der Waals surface area contributed by atoms with Gasteiger partial charge in [-0.15, -0.1) is 13.2 Å². The molecule has 0 radical (unpaired) electrons. The molecule has 0 aromatic carbocycles. The highest BCUT2D eigenvalue weighted by atomic mass is 19.4. The quantitative estimate of drug-likeness (QED) is 0.702. The van der Waals surface area contributed by atoms with Crippen LogP contribution in [0.1, 0.15) is 0 Å². The van der Waals surface area contributed by atoms with E-state index in [2.05, 4.69) is 4.74 Å². The largest absolute Gasteiger partial charge is 0.522 e. The van der Waals surface area contributed by atoms with Gasteiger partial charge in [-0.3, -0.25) is 4.74 Å². The van der Waals surface area contributed by atoms with E-state index in [1.54, 1.807) is 0 Å². The maximum absolute atomic E-state index is 12.4. The summed E-state index contributed by atoms with van der Waals surface area (Å²) < 4.78 is 121. The van der Waals surface area contributed by atoms with Crippen LogP contribution in [0.25, 0.3) is 0 Å². The average Bonchev–Trinajstić information content (AvgIpc) is 2.12. The molecule has 1 unspecified atom stereocenters. The molecule has 0 saturated heterocycles. The number of rotatable bonds is 5. The van der Waals surface area contributed by atoms with Crippen molar-refractivity contribution in [2.24, 2.45) is 0 Å². The third-order valence-electron chi connectivity index (χ3n) is 1.47. The van der Waals surface area contributed by atoms with Crippen molar-refractivity contribution in [3.63, 3.8) is 0 Å². The molecule has 1 nitrogen and oxygen atoms in total. The van der Waals surface area contributed by atoms with Gasteiger partial charge in [-0.25, -0.2) is 13.2 Å². The summed E-state index contributed by atoms with van der Waals surface area (Å²) in [7, 11) is 0. The molecular formula is C6H4F10O. The van der Waals surface area contributed by atoms with E-state index in [9.17, 15) is 43.9 Å². The second-order valence-electron chi connectivity index (χ2n) is 2.80. The maximum atomic E-state index is 12.4. The summed E-state index contributed by atoms with van der Waals surface area (Å²) in [6, 6.07) is 0. The Hall–Kier alpha value is -0.740. The maximum Gasteiger partial charge on any atom is 0.522 e. The van der Waals surface area contributed by atoms with Gasteiger partial charge in [0.1, 0.15) is 6.61 Å². The number of hydrogen-bond acceptors (Lipinski definition) is 1. The molecule has 0 N–H and O–H groups in total. The van der Waals surface area contributed by atoms with E-state index in [-0.39, 0.29) is 0 Å². The molecule has 0 spiro atoms. The van der Waals surface area contributed by atoms with Gasteiger partial charge in [-0.2, -0.15) is 17.6 Å². The van der Waals surface area contributed by atoms with Crippen molar-refractivity contribution in [3.05, 3.63) is 0 Å². The summed E-state index contributed by atoms with van der Waals surface area (Å²) in [5, 5.41) is 0. The lowest BCUT2D eigenvalue weighted by Crippen LogP contribution is -2.53. The summed E-state index contributed by atoms with van der Waals surface area (Å²) in [6.07, 6.45) is -14.7. The van der Waals surface area contributed by atoms with Crippen LogP contribution >= 0.6 is 0 Å². The minimum atomic E-state index is -5.98. The Labute approximate surface area is 87.3 Å². The normalized spacial score (nSPS) is 16.4. The second-order valence-corrected chi connectivity index (χ2v) is 2.80. The van der Waals surface area contributed by atoms with Gasteiger partial charge in [0.05, 0.1) is 0 Å². The molecule has 17 heavy (non-hydrogen) atoms. The van der Waals surface area contributed by atoms with Crippen molar-refractivity contribution in [2.75, 3.05) is 6.61 Å². The van der Waals surface area contributed by atoms with Crippen LogP contribution in [0.4, 0.5) is 43.9 Å². The van der Waals surface area contributed by atoms with Gasteiger partial charge < -0.3 is 0 Å². The first-order chi connectivity index (χ1) is 7.31. The summed E-state index contributed by atoms with van der Waals surface area (Å²) in [6.45, 7) is -2.96. The Bertz CT molecular complexity index is 246. The highest BCUT2D eigenvalue weighted by Crippen LogP contribution is 2.41. The van der Waals surface area contributed by atoms with E-state index in [4.69, 9.17) is 0 Å². The van der Waals surface area contributed by atoms with Crippen LogP contribution in [0.5, 0.6) is 0 Å². The van der Waals surface area contributed by atoms with Crippen LogP contribution in [0.2, 0.25) is 0 Å². The van der Waals surface area contributed by atoms with Gasteiger partial charge in [0.25, 0.3) is 6.43 Å². The van der Waals surface area contributed by atoms with Crippen LogP contribution in [0, 0.1) is 0 Å². The molecule has 0 aliphatic rings. The Morgan fingerprint density at radius 3 is 1.53 bits per heavy atom. The van der Waals surface area contributed by atoms with Crippen LogP contribution in [0.15, 0.2) is 0 Å². The van der Waals surface area contributed by atoms with Gasteiger partial charge in [0, 0.05) is 0 Å². The highest BCUT2D eigenvalue weighted by Gasteiger charge is 2.65. The summed E-state index contributed by atoms with van der Waals surface area (Å²) >= 11 is 0. The minimum absolute atomic E-state index is 2.37. The highest BCUT2D eigenvalue weighted by molar-refractivity contribution is 4.92. The minimum Gasteiger partial charge on any atom is -0.285 e. The van der Waals surface area contributed by atoms with E-state index in [0.717, 1.165) is 0 Å². The van der Waals surface area contributed by atoms with Gasteiger partial charge >= 0.3 is 18.2 Å². The summed E-state index contributed by atoms with van der Waals surface area (Å²) in [5.41, 5.74) is 0. The zero-order valence-electron chi connectivity index (χ0n) is 7.55. The molecular weight excluding hydrogens is 278 g/mol. The van der Waals surface area contributed by atoms with E-state index in [0.29, 0.717) is 0 Å². The average molecular weight is 282 g/mol. The molecule has 11 heteroatoms. The SMILES string of the molecule is FC(F)C(F)C(F)(F)C(F)(F)COC(F)(F)F. The summed E-state index contributed by atoms with van der Waals surface area (Å²) in [5.74, 6) is -11.7. The molecule has 0 bridgehead atoms.